The minimum absolute atomic E-state index is 0.0568. The number of hydrogen-bond acceptors (Lipinski definition) is 17. The normalized spacial score (nSPS) is 20.2. The number of amides is 5. The van der Waals surface area contributed by atoms with Gasteiger partial charge >= 0.3 is 0 Å². The minimum atomic E-state index is -0.803. The number of piperidine rings is 1. The van der Waals surface area contributed by atoms with Crippen molar-refractivity contribution in [2.75, 3.05) is 110 Å². The topological polar surface area (TPSA) is 249 Å². The first-order valence-corrected chi connectivity index (χ1v) is 29.2. The van der Waals surface area contributed by atoms with E-state index in [9.17, 15) is 37.5 Å². The molecule has 2 aromatic carbocycles. The Kier molecular flexibility index (Phi) is 22.5. The summed E-state index contributed by atoms with van der Waals surface area (Å²) in [6, 6.07) is 8.81. The number of benzene rings is 2. The fourth-order valence-electron chi connectivity index (χ4n) is 10.3. The second-order valence-electron chi connectivity index (χ2n) is 20.7. The third-order valence-corrected chi connectivity index (χ3v) is 16.1. The van der Waals surface area contributed by atoms with E-state index in [4.69, 9.17) is 28.7 Å². The van der Waals surface area contributed by atoms with Gasteiger partial charge in [0.05, 0.1) is 95.2 Å². The molecule has 8 rings (SSSR count). The minimum Gasteiger partial charge on any atom is -0.489 e. The zero-order valence-electron chi connectivity index (χ0n) is 46.9. The Morgan fingerprint density at radius 3 is 2.26 bits per heavy atom. The first-order valence-electron chi connectivity index (χ1n) is 28.2. The summed E-state index contributed by atoms with van der Waals surface area (Å²) in [6.07, 6.45) is 5.44. The lowest BCUT2D eigenvalue weighted by Crippen LogP contribution is -2.58. The lowest BCUT2D eigenvalue weighted by Gasteiger charge is -2.38. The lowest BCUT2D eigenvalue weighted by atomic mass is 9.88. The summed E-state index contributed by atoms with van der Waals surface area (Å²) in [7, 11) is 1.68. The Bertz CT molecular complexity index is 2870. The number of aliphatic imine (C=N–C) groups is 1. The van der Waals surface area contributed by atoms with Crippen molar-refractivity contribution in [1.29, 1.82) is 0 Å². The number of ketones is 1. The predicted octanol–water partition coefficient (Wildman–Crippen LogP) is 4.09. The molecule has 1 unspecified atom stereocenters. The molecule has 2 saturated heterocycles. The quantitative estimate of drug-likeness (QED) is 0.0511. The van der Waals surface area contributed by atoms with E-state index in [0.29, 0.717) is 106 Å². The Morgan fingerprint density at radius 2 is 1.55 bits per heavy atom. The number of rotatable bonds is 26. The number of aromatic nitrogens is 3. The number of nitrogens with zero attached hydrogens (tertiary/aromatic N) is 7. The largest absolute Gasteiger partial charge is 0.489 e. The van der Waals surface area contributed by atoms with E-state index in [1.54, 1.807) is 47.0 Å². The molecule has 5 amide bonds. The summed E-state index contributed by atoms with van der Waals surface area (Å²) in [5.41, 5.74) is 1.62. The van der Waals surface area contributed by atoms with Crippen molar-refractivity contribution in [2.45, 2.75) is 95.6 Å². The summed E-state index contributed by atoms with van der Waals surface area (Å²) >= 11 is 1.46. The van der Waals surface area contributed by atoms with Gasteiger partial charge < -0.3 is 59.7 Å². The summed E-state index contributed by atoms with van der Waals surface area (Å²) in [5.74, 6) is -0.972. The van der Waals surface area contributed by atoms with Crippen LogP contribution in [0.1, 0.15) is 91.6 Å². The summed E-state index contributed by atoms with van der Waals surface area (Å²) < 4.78 is 58.1. The van der Waals surface area contributed by atoms with Crippen molar-refractivity contribution < 1.29 is 61.2 Å². The van der Waals surface area contributed by atoms with Crippen LogP contribution >= 0.6 is 11.8 Å². The number of Topliss-reactive ketones (excluding diaryl/α,β-unsaturated/α-hetero) is 1. The van der Waals surface area contributed by atoms with Crippen LogP contribution in [0.4, 0.5) is 14.6 Å². The maximum atomic E-state index is 14.4. The maximum Gasteiger partial charge on any atom is 0.259 e. The molecule has 4 N–H and O–H groups in total. The molecule has 0 spiro atoms. The highest BCUT2D eigenvalue weighted by molar-refractivity contribution is 8.14. The van der Waals surface area contributed by atoms with Crippen LogP contribution in [0.5, 0.6) is 5.75 Å². The van der Waals surface area contributed by atoms with Crippen molar-refractivity contribution in [1.82, 2.24) is 45.2 Å². The highest BCUT2D eigenvalue weighted by Gasteiger charge is 2.43. The molecule has 6 heterocycles. The van der Waals surface area contributed by atoms with Gasteiger partial charge in [-0.2, -0.15) is 5.10 Å². The van der Waals surface area contributed by atoms with E-state index < -0.39 is 35.9 Å². The Hall–Kier alpha value is -6.64. The molecular formula is C57H75F2N11O11S. The van der Waals surface area contributed by atoms with E-state index >= 15 is 0 Å². The van der Waals surface area contributed by atoms with Gasteiger partial charge in [-0.15, -0.1) is 11.8 Å². The van der Waals surface area contributed by atoms with Crippen molar-refractivity contribution in [3.63, 3.8) is 0 Å². The number of nitrogens with one attached hydrogen (secondary N) is 4. The molecule has 82 heavy (non-hydrogen) atoms. The van der Waals surface area contributed by atoms with Crippen molar-refractivity contribution in [3.8, 4) is 5.75 Å². The summed E-state index contributed by atoms with van der Waals surface area (Å²) in [4.78, 5) is 95.3. The van der Waals surface area contributed by atoms with Crippen LogP contribution in [0.15, 0.2) is 65.9 Å². The van der Waals surface area contributed by atoms with Gasteiger partial charge in [-0.25, -0.2) is 18.3 Å². The van der Waals surface area contributed by atoms with Gasteiger partial charge in [0.25, 0.3) is 5.91 Å². The summed E-state index contributed by atoms with van der Waals surface area (Å²) in [5, 5.41) is 17.1. The molecule has 25 heteroatoms. The van der Waals surface area contributed by atoms with E-state index in [0.717, 1.165) is 11.5 Å². The lowest BCUT2D eigenvalue weighted by molar-refractivity contribution is -0.140. The molecule has 0 radical (unpaired) electrons. The molecule has 0 aliphatic carbocycles. The number of carbonyl (C=O) groups excluding carboxylic acids is 6. The van der Waals surface area contributed by atoms with Gasteiger partial charge in [-0.1, -0.05) is 0 Å². The van der Waals surface area contributed by atoms with E-state index in [1.165, 1.54) is 58.9 Å². The van der Waals surface area contributed by atoms with Crippen LogP contribution in [0.3, 0.4) is 0 Å². The fourth-order valence-corrected chi connectivity index (χ4v) is 11.5. The van der Waals surface area contributed by atoms with Crippen molar-refractivity contribution in [3.05, 3.63) is 89.2 Å². The first kappa shape index (κ1) is 61.4. The standard InChI is InChI=1S/C57H75F2N11O11S/c1-36-34-68(56(75)44-33-62-70-22-15-48(65-53(44)70)63-37(2)43-32-42(59)11-12-47(43)81-36)23-18-61-49(71)16-24-77-26-28-79-30-31-80-29-27-78-25-17-50(72)67-20-13-39(14-21-67)51(66-54(74)38(3)60-4)57(76)69-19-5-6-46(69)55-64-45(35-82-55)52(73)40-7-9-41(58)10-8-40/h7-12,15,22,32-33,36-39,45-46,51,60H,5-6,13-14,16-21,23-31,34-35H2,1-4H3,(H,61,71)(H,63,65)(H,66,74)/t36-,37+,38-,45?,46-,51-/m0/s1. The molecule has 4 aliphatic rings. The van der Waals surface area contributed by atoms with E-state index in [2.05, 4.69) is 31.3 Å². The summed E-state index contributed by atoms with van der Waals surface area (Å²) in [6.45, 7) is 9.52. The smallest absolute Gasteiger partial charge is 0.259 e. The van der Waals surface area contributed by atoms with Gasteiger partial charge in [0.15, 0.2) is 11.4 Å². The number of likely N-dealkylation sites (N-methyl/N-ethyl adjacent to an activating group) is 1. The van der Waals surface area contributed by atoms with E-state index in [-0.39, 0.29) is 111 Å². The molecule has 4 aromatic rings. The number of fused-ring (bicyclic) bond motifs is 2. The highest BCUT2D eigenvalue weighted by atomic mass is 32.2. The molecule has 2 aromatic heterocycles. The molecular weight excluding hydrogens is 1080 g/mol. The Labute approximate surface area is 480 Å². The molecule has 22 nitrogen and oxygen atoms in total. The molecule has 0 saturated carbocycles. The third-order valence-electron chi connectivity index (χ3n) is 14.9. The second-order valence-corrected chi connectivity index (χ2v) is 21.8. The SMILES string of the molecule is CN[C@@H](C)C(=O)N[C@H](C(=O)N1CCC[C@H]1C1=NC(C(=O)c2ccc(F)cc2)CS1)C1CCN(C(=O)CCOCCOCCOCCOCCC(=O)NCCN2C[C@H](C)Oc3ccc(F)cc3[C@@H](C)Nc3ccn4ncc(c4n3)C2=O)CC1. The van der Waals surface area contributed by atoms with Crippen LogP contribution in [-0.4, -0.2) is 205 Å². The van der Waals surface area contributed by atoms with Gasteiger partial charge in [-0.3, -0.25) is 33.8 Å². The Balaban J connectivity index is 0.670. The number of ether oxygens (including phenoxy) is 5. The second kappa shape index (κ2) is 30.1. The molecule has 6 atom stereocenters. The Morgan fingerprint density at radius 1 is 0.866 bits per heavy atom. The van der Waals surface area contributed by atoms with Gasteiger partial charge in [0.1, 0.15) is 47.0 Å². The average molecular weight is 1160 g/mol. The van der Waals surface area contributed by atoms with Crippen LogP contribution in [0.2, 0.25) is 0 Å². The van der Waals surface area contributed by atoms with Gasteiger partial charge in [0, 0.05) is 62.2 Å². The molecule has 4 aliphatic heterocycles. The van der Waals surface area contributed by atoms with Crippen molar-refractivity contribution in [2.24, 2.45) is 10.9 Å². The van der Waals surface area contributed by atoms with Crippen LogP contribution in [-0.2, 0) is 38.1 Å². The molecule has 2 bridgehead atoms. The van der Waals surface area contributed by atoms with Crippen molar-refractivity contribution >= 4 is 63.6 Å². The van der Waals surface area contributed by atoms with E-state index in [1.807, 2.05) is 13.8 Å². The average Bonchev–Trinajstić information content (AvgIpc) is 4.35. The molecule has 2 fully saturated rings. The number of carbonyl (C=O) groups is 6. The fraction of sp³-hybridized carbons (Fsp3) is 0.561. The zero-order valence-corrected chi connectivity index (χ0v) is 47.8. The number of hydrogen-bond donors (Lipinski definition) is 4. The maximum absolute atomic E-state index is 14.4. The van der Waals surface area contributed by atoms with Crippen LogP contribution < -0.4 is 26.0 Å². The van der Waals surface area contributed by atoms with Gasteiger partial charge in [0.2, 0.25) is 23.6 Å². The number of halogens is 2. The molecule has 444 valence electrons. The number of anilines is 1. The zero-order chi connectivity index (χ0) is 58.1. The van der Waals surface area contributed by atoms with Crippen LogP contribution in [0.25, 0.3) is 5.65 Å². The number of thioether (sulfide) groups is 1. The van der Waals surface area contributed by atoms with Crippen LogP contribution in [0, 0.1) is 17.6 Å². The monoisotopic (exact) mass is 1160 g/mol. The predicted molar refractivity (Wildman–Crippen MR) is 302 cm³/mol. The third kappa shape index (κ3) is 16.5. The van der Waals surface area contributed by atoms with Gasteiger partial charge in [-0.05, 0) is 108 Å². The number of likely N-dealkylation sites (tertiary alicyclic amines) is 2. The first-order chi connectivity index (χ1) is 39.7. The highest BCUT2D eigenvalue weighted by Crippen LogP contribution is 2.34.